The molecule has 0 aliphatic heterocycles. The number of fused-ring (bicyclic) bond motifs is 1. The highest BCUT2D eigenvalue weighted by Gasteiger charge is 2.13. The van der Waals surface area contributed by atoms with Crippen LogP contribution in [0.3, 0.4) is 0 Å². The molecule has 0 atom stereocenters. The number of nitrogens with two attached hydrogens (primary N) is 1. The molecule has 3 rings (SSSR count). The molecule has 2 N–H and O–H groups in total. The van der Waals surface area contributed by atoms with E-state index in [9.17, 15) is 0 Å². The molecule has 0 radical (unpaired) electrons. The Morgan fingerprint density at radius 3 is 2.86 bits per heavy atom. The second-order valence-electron chi connectivity index (χ2n) is 4.81. The molecular weight excluding hydrogens is 288 g/mol. The van der Waals surface area contributed by atoms with E-state index in [0.717, 1.165) is 28.0 Å². The maximum atomic E-state index is 6.23. The molecule has 0 unspecified atom stereocenters. The van der Waals surface area contributed by atoms with Gasteiger partial charge in [-0.2, -0.15) is 5.10 Å². The van der Waals surface area contributed by atoms with Gasteiger partial charge in [0.25, 0.3) is 0 Å². The second-order valence-corrected chi connectivity index (χ2v) is 5.19. The van der Waals surface area contributed by atoms with Gasteiger partial charge in [-0.15, -0.1) is 0 Å². The van der Waals surface area contributed by atoms with Crippen molar-refractivity contribution in [2.24, 2.45) is 7.05 Å². The van der Waals surface area contributed by atoms with Gasteiger partial charge in [0.15, 0.2) is 0 Å². The SMILES string of the molecule is Cc1nn(C)c(COc2ccc(N)c3ncccc23)c1Cl. The highest BCUT2D eigenvalue weighted by molar-refractivity contribution is 6.31. The number of benzene rings is 1. The molecule has 0 spiro atoms. The van der Waals surface area contributed by atoms with Gasteiger partial charge in [-0.05, 0) is 31.2 Å². The van der Waals surface area contributed by atoms with Gasteiger partial charge >= 0.3 is 0 Å². The summed E-state index contributed by atoms with van der Waals surface area (Å²) in [6.07, 6.45) is 1.71. The van der Waals surface area contributed by atoms with Crippen LogP contribution < -0.4 is 10.5 Å². The van der Waals surface area contributed by atoms with E-state index in [1.165, 1.54) is 0 Å². The molecule has 3 aromatic rings. The molecule has 0 saturated heterocycles. The van der Waals surface area contributed by atoms with Crippen LogP contribution in [0.4, 0.5) is 5.69 Å². The zero-order valence-electron chi connectivity index (χ0n) is 11.8. The fourth-order valence-electron chi connectivity index (χ4n) is 2.28. The van der Waals surface area contributed by atoms with E-state index >= 15 is 0 Å². The zero-order chi connectivity index (χ0) is 15.0. The van der Waals surface area contributed by atoms with Gasteiger partial charge in [0.05, 0.1) is 27.6 Å². The summed E-state index contributed by atoms with van der Waals surface area (Å²) in [4.78, 5) is 4.29. The van der Waals surface area contributed by atoms with Gasteiger partial charge in [-0.25, -0.2) is 0 Å². The molecule has 21 heavy (non-hydrogen) atoms. The smallest absolute Gasteiger partial charge is 0.131 e. The molecular formula is C15H15ClN4O. The van der Waals surface area contributed by atoms with E-state index < -0.39 is 0 Å². The average molecular weight is 303 g/mol. The zero-order valence-corrected chi connectivity index (χ0v) is 12.6. The topological polar surface area (TPSA) is 66.0 Å². The summed E-state index contributed by atoms with van der Waals surface area (Å²) in [7, 11) is 1.85. The first-order valence-electron chi connectivity index (χ1n) is 6.52. The first kappa shape index (κ1) is 13.7. The molecule has 6 heteroatoms. The third kappa shape index (κ3) is 2.40. The normalized spacial score (nSPS) is 11.0. The van der Waals surface area contributed by atoms with Crippen molar-refractivity contribution in [3.8, 4) is 5.75 Å². The van der Waals surface area contributed by atoms with Gasteiger partial charge in [-0.3, -0.25) is 9.67 Å². The van der Waals surface area contributed by atoms with Crippen molar-refractivity contribution < 1.29 is 4.74 Å². The Morgan fingerprint density at radius 2 is 2.14 bits per heavy atom. The Bertz CT molecular complexity index is 813. The summed E-state index contributed by atoms with van der Waals surface area (Å²) in [6, 6.07) is 7.43. The van der Waals surface area contributed by atoms with Crippen LogP contribution in [0.1, 0.15) is 11.4 Å². The minimum Gasteiger partial charge on any atom is -0.487 e. The number of aromatic nitrogens is 3. The number of anilines is 1. The number of rotatable bonds is 3. The van der Waals surface area contributed by atoms with E-state index in [0.29, 0.717) is 17.3 Å². The lowest BCUT2D eigenvalue weighted by Crippen LogP contribution is -2.04. The van der Waals surface area contributed by atoms with E-state index in [1.54, 1.807) is 16.9 Å². The van der Waals surface area contributed by atoms with Crippen molar-refractivity contribution in [3.63, 3.8) is 0 Å². The van der Waals surface area contributed by atoms with Crippen molar-refractivity contribution >= 4 is 28.2 Å². The molecule has 108 valence electrons. The predicted octanol–water partition coefficient (Wildman–Crippen LogP) is 3.09. The van der Waals surface area contributed by atoms with Gasteiger partial charge in [0.2, 0.25) is 0 Å². The summed E-state index contributed by atoms with van der Waals surface area (Å²) in [6.45, 7) is 2.21. The fourth-order valence-corrected chi connectivity index (χ4v) is 2.49. The Hall–Kier alpha value is -2.27. The lowest BCUT2D eigenvalue weighted by Gasteiger charge is -2.10. The van der Waals surface area contributed by atoms with Gasteiger partial charge in [0, 0.05) is 18.6 Å². The number of halogens is 1. The van der Waals surface area contributed by atoms with E-state index in [-0.39, 0.29) is 0 Å². The lowest BCUT2D eigenvalue weighted by atomic mass is 10.2. The molecule has 0 aliphatic carbocycles. The van der Waals surface area contributed by atoms with E-state index in [1.807, 2.05) is 32.2 Å². The van der Waals surface area contributed by atoms with Crippen LogP contribution in [0.2, 0.25) is 5.02 Å². The molecule has 1 aromatic carbocycles. The largest absolute Gasteiger partial charge is 0.487 e. The maximum absolute atomic E-state index is 6.23. The molecule has 0 amide bonds. The number of aryl methyl sites for hydroxylation is 2. The van der Waals surface area contributed by atoms with Crippen molar-refractivity contribution in [3.05, 3.63) is 46.9 Å². The van der Waals surface area contributed by atoms with Crippen LogP contribution in [0, 0.1) is 6.92 Å². The Labute approximate surface area is 127 Å². The van der Waals surface area contributed by atoms with Crippen molar-refractivity contribution in [1.29, 1.82) is 0 Å². The molecule has 5 nitrogen and oxygen atoms in total. The summed E-state index contributed by atoms with van der Waals surface area (Å²) in [5.41, 5.74) is 8.93. The number of ether oxygens (including phenoxy) is 1. The first-order chi connectivity index (χ1) is 10.1. The Balaban J connectivity index is 1.94. The third-order valence-corrected chi connectivity index (χ3v) is 3.88. The standard InChI is InChI=1S/C15H15ClN4O/c1-9-14(16)12(20(2)19-9)8-21-13-6-5-11(17)15-10(13)4-3-7-18-15/h3-7H,8,17H2,1-2H3. The fraction of sp³-hybridized carbons (Fsp3) is 0.200. The van der Waals surface area contributed by atoms with Gasteiger partial charge < -0.3 is 10.5 Å². The van der Waals surface area contributed by atoms with Gasteiger partial charge in [0.1, 0.15) is 12.4 Å². The molecule has 0 aliphatic rings. The second kappa shape index (κ2) is 5.26. The Morgan fingerprint density at radius 1 is 1.33 bits per heavy atom. The van der Waals surface area contributed by atoms with Crippen LogP contribution in [0.25, 0.3) is 10.9 Å². The average Bonchev–Trinajstić information content (AvgIpc) is 2.72. The minimum atomic E-state index is 0.337. The lowest BCUT2D eigenvalue weighted by molar-refractivity contribution is 0.298. The minimum absolute atomic E-state index is 0.337. The van der Waals surface area contributed by atoms with Crippen LogP contribution in [0.5, 0.6) is 5.75 Å². The van der Waals surface area contributed by atoms with Crippen LogP contribution in [-0.4, -0.2) is 14.8 Å². The summed E-state index contributed by atoms with van der Waals surface area (Å²) in [5, 5.41) is 5.79. The molecule has 0 fully saturated rings. The number of nitrogen functional groups attached to an aromatic ring is 1. The van der Waals surface area contributed by atoms with E-state index in [2.05, 4.69) is 10.1 Å². The van der Waals surface area contributed by atoms with Crippen molar-refractivity contribution in [2.45, 2.75) is 13.5 Å². The number of nitrogens with zero attached hydrogens (tertiary/aromatic N) is 3. The van der Waals surface area contributed by atoms with Gasteiger partial charge in [-0.1, -0.05) is 11.6 Å². The molecule has 2 aromatic heterocycles. The number of pyridine rings is 1. The van der Waals surface area contributed by atoms with Crippen LogP contribution in [0.15, 0.2) is 30.5 Å². The number of hydrogen-bond acceptors (Lipinski definition) is 4. The van der Waals surface area contributed by atoms with Crippen LogP contribution >= 0.6 is 11.6 Å². The summed E-state index contributed by atoms with van der Waals surface area (Å²) in [5.74, 6) is 0.724. The molecule has 0 bridgehead atoms. The van der Waals surface area contributed by atoms with Crippen LogP contribution in [-0.2, 0) is 13.7 Å². The monoisotopic (exact) mass is 302 g/mol. The quantitative estimate of drug-likeness (QED) is 0.755. The highest BCUT2D eigenvalue weighted by atomic mass is 35.5. The number of hydrogen-bond donors (Lipinski definition) is 1. The Kier molecular flexibility index (Phi) is 3.43. The summed E-state index contributed by atoms with van der Waals surface area (Å²) >= 11 is 6.23. The van der Waals surface area contributed by atoms with Crippen molar-refractivity contribution in [1.82, 2.24) is 14.8 Å². The molecule has 2 heterocycles. The van der Waals surface area contributed by atoms with Crippen molar-refractivity contribution in [2.75, 3.05) is 5.73 Å². The highest BCUT2D eigenvalue weighted by Crippen LogP contribution is 2.29. The predicted molar refractivity (Wildman–Crippen MR) is 83.4 cm³/mol. The van der Waals surface area contributed by atoms with E-state index in [4.69, 9.17) is 22.1 Å². The maximum Gasteiger partial charge on any atom is 0.131 e. The molecule has 0 saturated carbocycles. The summed E-state index contributed by atoms with van der Waals surface area (Å²) < 4.78 is 7.63. The third-order valence-electron chi connectivity index (χ3n) is 3.39. The first-order valence-corrected chi connectivity index (χ1v) is 6.89.